The van der Waals surface area contributed by atoms with Gasteiger partial charge in [0.15, 0.2) is 0 Å². The van der Waals surface area contributed by atoms with E-state index in [-0.39, 0.29) is 5.56 Å². The van der Waals surface area contributed by atoms with Crippen molar-refractivity contribution in [2.45, 2.75) is 52.1 Å². The Morgan fingerprint density at radius 2 is 2.43 bits per heavy atom. The number of hydrogen-bond donors (Lipinski definition) is 2. The molecule has 0 aliphatic carbocycles. The molecule has 1 aliphatic rings. The van der Waals surface area contributed by atoms with Crippen molar-refractivity contribution in [3.05, 3.63) is 21.0 Å². The lowest BCUT2D eigenvalue weighted by atomic mass is 9.93. The lowest BCUT2D eigenvalue weighted by Gasteiger charge is -2.29. The van der Waals surface area contributed by atoms with Crippen molar-refractivity contribution in [1.82, 2.24) is 15.1 Å². The second-order valence-electron chi connectivity index (χ2n) is 5.79. The minimum Gasteiger partial charge on any atom is -0.380 e. The van der Waals surface area contributed by atoms with Gasteiger partial charge in [-0.15, -0.1) is 0 Å². The quantitative estimate of drug-likeness (QED) is 0.822. The summed E-state index contributed by atoms with van der Waals surface area (Å²) in [6, 6.07) is 0.321. The van der Waals surface area contributed by atoms with E-state index in [1.165, 1.54) is 17.5 Å². The van der Waals surface area contributed by atoms with E-state index >= 15 is 0 Å². The molecule has 2 rings (SSSR count). The maximum Gasteiger partial charge on any atom is 0.283 e. The number of aryl methyl sites for hydroxylation is 1. The number of halogens is 1. The molecule has 5 nitrogen and oxygen atoms in total. The lowest BCUT2D eigenvalue weighted by molar-refractivity contribution is 0.347. The molecule has 2 atom stereocenters. The van der Waals surface area contributed by atoms with Crippen LogP contribution in [0.15, 0.2) is 15.5 Å². The number of unbranched alkanes of at least 4 members (excludes halogenated alkanes) is 1. The Morgan fingerprint density at radius 1 is 1.62 bits per heavy atom. The fraction of sp³-hybridized carbons (Fsp3) is 0.733. The maximum atomic E-state index is 12.3. The van der Waals surface area contributed by atoms with Gasteiger partial charge in [0.2, 0.25) is 0 Å². The van der Waals surface area contributed by atoms with Gasteiger partial charge in [-0.05, 0) is 61.1 Å². The van der Waals surface area contributed by atoms with Crippen LogP contribution in [-0.4, -0.2) is 28.9 Å². The van der Waals surface area contributed by atoms with Crippen LogP contribution in [0.4, 0.5) is 5.69 Å². The van der Waals surface area contributed by atoms with Crippen molar-refractivity contribution in [2.75, 3.05) is 18.4 Å². The van der Waals surface area contributed by atoms with Crippen molar-refractivity contribution < 1.29 is 0 Å². The van der Waals surface area contributed by atoms with Crippen LogP contribution in [-0.2, 0) is 6.54 Å². The molecule has 2 unspecified atom stereocenters. The molecule has 6 heteroatoms. The Kier molecular flexibility index (Phi) is 6.23. The third-order valence-electron chi connectivity index (χ3n) is 4.13. The summed E-state index contributed by atoms with van der Waals surface area (Å²) < 4.78 is 2.12. The van der Waals surface area contributed by atoms with E-state index in [2.05, 4.69) is 45.5 Å². The third kappa shape index (κ3) is 4.30. The Morgan fingerprint density at radius 3 is 3.10 bits per heavy atom. The Labute approximate surface area is 134 Å². The van der Waals surface area contributed by atoms with Gasteiger partial charge in [0, 0.05) is 12.6 Å². The number of nitrogens with zero attached hydrogens (tertiary/aromatic N) is 2. The number of rotatable bonds is 6. The molecule has 0 aromatic carbocycles. The highest BCUT2D eigenvalue weighted by Gasteiger charge is 2.21. The third-order valence-corrected chi connectivity index (χ3v) is 4.90. The van der Waals surface area contributed by atoms with Crippen molar-refractivity contribution >= 4 is 21.6 Å². The highest BCUT2D eigenvalue weighted by Crippen LogP contribution is 2.22. The van der Waals surface area contributed by atoms with Gasteiger partial charge >= 0.3 is 0 Å². The van der Waals surface area contributed by atoms with Crippen LogP contribution in [0.25, 0.3) is 0 Å². The molecule has 1 saturated heterocycles. The van der Waals surface area contributed by atoms with Crippen LogP contribution in [0.3, 0.4) is 0 Å². The first-order valence-corrected chi connectivity index (χ1v) is 8.65. The first kappa shape index (κ1) is 16.5. The van der Waals surface area contributed by atoms with Gasteiger partial charge in [-0.25, -0.2) is 4.68 Å². The molecule has 1 aliphatic heterocycles. The molecule has 2 heterocycles. The summed E-state index contributed by atoms with van der Waals surface area (Å²) in [5.74, 6) is 0.591. The van der Waals surface area contributed by atoms with Crippen LogP contribution < -0.4 is 16.2 Å². The first-order valence-electron chi connectivity index (χ1n) is 7.86. The van der Waals surface area contributed by atoms with Gasteiger partial charge in [0.1, 0.15) is 4.47 Å². The molecule has 21 heavy (non-hydrogen) atoms. The lowest BCUT2D eigenvalue weighted by Crippen LogP contribution is -2.39. The molecule has 2 N–H and O–H groups in total. The van der Waals surface area contributed by atoms with Gasteiger partial charge < -0.3 is 10.6 Å². The van der Waals surface area contributed by atoms with Crippen molar-refractivity contribution in [3.63, 3.8) is 0 Å². The minimum atomic E-state index is -0.0533. The highest BCUT2D eigenvalue weighted by atomic mass is 79.9. The molecule has 0 saturated carbocycles. The number of piperidine rings is 1. The topological polar surface area (TPSA) is 59.0 Å². The molecular weight excluding hydrogens is 332 g/mol. The van der Waals surface area contributed by atoms with Crippen LogP contribution in [0, 0.1) is 5.92 Å². The first-order chi connectivity index (χ1) is 10.1. The zero-order chi connectivity index (χ0) is 15.2. The molecule has 1 aromatic rings. The fourth-order valence-corrected chi connectivity index (χ4v) is 3.12. The average Bonchev–Trinajstić information content (AvgIpc) is 2.52. The second kappa shape index (κ2) is 7.94. The Bertz CT molecular complexity index is 511. The molecule has 118 valence electrons. The number of nitrogens with one attached hydrogen (secondary N) is 2. The number of aromatic nitrogens is 2. The number of anilines is 1. The largest absolute Gasteiger partial charge is 0.380 e. The van der Waals surface area contributed by atoms with E-state index in [0.29, 0.717) is 23.0 Å². The standard InChI is InChI=1S/C15H25BrN4O/c1-3-4-8-20-15(21)14(16)13(10-18-20)19-11(2)12-6-5-7-17-9-12/h10-12,17,19H,3-9H2,1-2H3. The average molecular weight is 357 g/mol. The van der Waals surface area contributed by atoms with E-state index in [4.69, 9.17) is 0 Å². The van der Waals surface area contributed by atoms with Gasteiger partial charge in [-0.3, -0.25) is 4.79 Å². The van der Waals surface area contributed by atoms with E-state index in [9.17, 15) is 4.79 Å². The minimum absolute atomic E-state index is 0.0533. The fourth-order valence-electron chi connectivity index (χ4n) is 2.70. The zero-order valence-electron chi connectivity index (χ0n) is 12.9. The summed E-state index contributed by atoms with van der Waals surface area (Å²) in [5, 5.41) is 11.1. The Balaban J connectivity index is 2.06. The molecule has 1 fully saturated rings. The highest BCUT2D eigenvalue weighted by molar-refractivity contribution is 9.10. The van der Waals surface area contributed by atoms with Crippen LogP contribution >= 0.6 is 15.9 Å². The molecule has 0 radical (unpaired) electrons. The van der Waals surface area contributed by atoms with Crippen molar-refractivity contribution in [2.24, 2.45) is 5.92 Å². The monoisotopic (exact) mass is 356 g/mol. The summed E-state index contributed by atoms with van der Waals surface area (Å²) in [7, 11) is 0. The molecule has 0 amide bonds. The summed E-state index contributed by atoms with van der Waals surface area (Å²) in [5.41, 5.74) is 0.744. The molecular formula is C15H25BrN4O. The molecule has 0 spiro atoms. The van der Waals surface area contributed by atoms with Crippen molar-refractivity contribution in [3.8, 4) is 0 Å². The predicted octanol–water partition coefficient (Wildman–Crippen LogP) is 2.61. The summed E-state index contributed by atoms with van der Waals surface area (Å²) in [6.45, 7) is 7.10. The van der Waals surface area contributed by atoms with Crippen LogP contribution in [0.1, 0.15) is 39.5 Å². The number of hydrogen-bond acceptors (Lipinski definition) is 4. The SMILES string of the molecule is CCCCn1ncc(NC(C)C2CCCNC2)c(Br)c1=O. The van der Waals surface area contributed by atoms with Crippen LogP contribution in [0.5, 0.6) is 0 Å². The maximum absolute atomic E-state index is 12.3. The van der Waals surface area contributed by atoms with E-state index < -0.39 is 0 Å². The summed E-state index contributed by atoms with van der Waals surface area (Å²) in [6.07, 6.45) is 6.22. The smallest absolute Gasteiger partial charge is 0.283 e. The van der Waals surface area contributed by atoms with Gasteiger partial charge in [-0.2, -0.15) is 5.10 Å². The van der Waals surface area contributed by atoms with E-state index in [1.807, 2.05) is 0 Å². The van der Waals surface area contributed by atoms with Gasteiger partial charge in [0.05, 0.1) is 11.9 Å². The van der Waals surface area contributed by atoms with Gasteiger partial charge in [-0.1, -0.05) is 13.3 Å². The summed E-state index contributed by atoms with van der Waals surface area (Å²) >= 11 is 3.42. The summed E-state index contributed by atoms with van der Waals surface area (Å²) in [4.78, 5) is 12.3. The van der Waals surface area contributed by atoms with Crippen molar-refractivity contribution in [1.29, 1.82) is 0 Å². The predicted molar refractivity (Wildman–Crippen MR) is 89.8 cm³/mol. The zero-order valence-corrected chi connectivity index (χ0v) is 14.4. The normalized spacial score (nSPS) is 20.2. The van der Waals surface area contributed by atoms with E-state index in [0.717, 1.165) is 31.6 Å². The second-order valence-corrected chi connectivity index (χ2v) is 6.59. The van der Waals surface area contributed by atoms with Crippen LogP contribution in [0.2, 0.25) is 0 Å². The molecule has 1 aromatic heterocycles. The Hall–Kier alpha value is -0.880. The molecule has 0 bridgehead atoms. The van der Waals surface area contributed by atoms with Gasteiger partial charge in [0.25, 0.3) is 5.56 Å². The van der Waals surface area contributed by atoms with E-state index in [1.54, 1.807) is 6.20 Å².